The second-order valence-electron chi connectivity index (χ2n) is 5.70. The molecule has 2 rings (SSSR count). The van der Waals surface area contributed by atoms with Crippen molar-refractivity contribution in [3.63, 3.8) is 0 Å². The molecule has 6 nitrogen and oxygen atoms in total. The Bertz CT molecular complexity index is 450. The molecule has 2 fully saturated rings. The van der Waals surface area contributed by atoms with E-state index < -0.39 is 15.8 Å². The van der Waals surface area contributed by atoms with Gasteiger partial charge in [-0.25, -0.2) is 8.42 Å². The number of carbonyl (C=O) groups is 1. The van der Waals surface area contributed by atoms with Crippen molar-refractivity contribution in [2.45, 2.75) is 50.8 Å². The first-order valence-electron chi connectivity index (χ1n) is 7.21. The van der Waals surface area contributed by atoms with Crippen LogP contribution in [-0.2, 0) is 19.4 Å². The fourth-order valence-electron chi connectivity index (χ4n) is 3.20. The molecule has 3 atom stereocenters. The molecule has 2 saturated heterocycles. The van der Waals surface area contributed by atoms with E-state index >= 15 is 0 Å². The molecule has 7 heteroatoms. The fourth-order valence-corrected chi connectivity index (χ4v) is 4.94. The van der Waals surface area contributed by atoms with Crippen LogP contribution >= 0.6 is 0 Å². The molecule has 0 aromatic rings. The van der Waals surface area contributed by atoms with Crippen LogP contribution in [0.4, 0.5) is 0 Å². The van der Waals surface area contributed by atoms with E-state index in [-0.39, 0.29) is 36.2 Å². The number of carboxylic acids is 1. The van der Waals surface area contributed by atoms with Crippen molar-refractivity contribution in [3.8, 4) is 0 Å². The molecule has 0 aromatic heterocycles. The van der Waals surface area contributed by atoms with Crippen LogP contribution in [0.1, 0.15) is 32.6 Å². The molecule has 0 amide bonds. The average Bonchev–Trinajstić information content (AvgIpc) is 2.76. The summed E-state index contributed by atoms with van der Waals surface area (Å²) in [6.07, 6.45) is 3.17. The highest BCUT2D eigenvalue weighted by atomic mass is 32.2. The lowest BCUT2D eigenvalue weighted by atomic mass is 9.98. The maximum Gasteiger partial charge on any atom is 0.317 e. The number of hydrogen-bond donors (Lipinski definition) is 1. The second kappa shape index (κ2) is 6.41. The lowest BCUT2D eigenvalue weighted by molar-refractivity contribution is -0.140. The van der Waals surface area contributed by atoms with Crippen molar-refractivity contribution in [3.05, 3.63) is 0 Å². The van der Waals surface area contributed by atoms with Gasteiger partial charge in [0.05, 0.1) is 24.2 Å². The molecule has 2 aliphatic heterocycles. The third kappa shape index (κ3) is 3.93. The van der Waals surface area contributed by atoms with E-state index in [4.69, 9.17) is 9.84 Å². The molecule has 2 aliphatic rings. The van der Waals surface area contributed by atoms with Gasteiger partial charge in [-0.15, -0.1) is 0 Å². The van der Waals surface area contributed by atoms with Gasteiger partial charge in [0.25, 0.3) is 0 Å². The first kappa shape index (κ1) is 15.7. The highest BCUT2D eigenvalue weighted by Gasteiger charge is 2.38. The smallest absolute Gasteiger partial charge is 0.317 e. The van der Waals surface area contributed by atoms with Crippen LogP contribution in [0.2, 0.25) is 0 Å². The van der Waals surface area contributed by atoms with Crippen molar-refractivity contribution < 1.29 is 23.1 Å². The van der Waals surface area contributed by atoms with Crippen LogP contribution in [-0.4, -0.2) is 67.2 Å². The van der Waals surface area contributed by atoms with Crippen LogP contribution in [0.15, 0.2) is 0 Å². The number of hydrogen-bond acceptors (Lipinski definition) is 5. The van der Waals surface area contributed by atoms with Gasteiger partial charge in [-0.1, -0.05) is 6.92 Å². The molecule has 2 heterocycles. The first-order chi connectivity index (χ1) is 9.41. The molecule has 0 aliphatic carbocycles. The molecule has 20 heavy (non-hydrogen) atoms. The Balaban J connectivity index is 2.09. The quantitative estimate of drug-likeness (QED) is 0.797. The summed E-state index contributed by atoms with van der Waals surface area (Å²) < 4.78 is 28.9. The lowest BCUT2D eigenvalue weighted by Gasteiger charge is -2.39. The predicted octanol–water partition coefficient (Wildman–Crippen LogP) is 0.518. The second-order valence-corrected chi connectivity index (χ2v) is 7.93. The molecule has 3 unspecified atom stereocenters. The van der Waals surface area contributed by atoms with Crippen molar-refractivity contribution in [1.29, 1.82) is 0 Å². The molecular weight excluding hydrogens is 282 g/mol. The SMILES string of the molecule is CCC1CC(N(CC(=O)O)C2CCS(=O)(=O)C2)CCO1. The Morgan fingerprint density at radius 1 is 1.35 bits per heavy atom. The Labute approximate surface area is 120 Å². The number of aliphatic carboxylic acids is 1. The number of rotatable bonds is 5. The Kier molecular flexibility index (Phi) is 5.04. The van der Waals surface area contributed by atoms with Gasteiger partial charge in [0.15, 0.2) is 9.84 Å². The molecule has 1 N–H and O–H groups in total. The molecule has 0 bridgehead atoms. The number of nitrogens with zero attached hydrogens (tertiary/aromatic N) is 1. The monoisotopic (exact) mass is 305 g/mol. The fraction of sp³-hybridized carbons (Fsp3) is 0.923. The van der Waals surface area contributed by atoms with E-state index in [1.54, 1.807) is 0 Å². The molecule has 0 spiro atoms. The summed E-state index contributed by atoms with van der Waals surface area (Å²) in [4.78, 5) is 13.0. The van der Waals surface area contributed by atoms with Crippen LogP contribution in [0.25, 0.3) is 0 Å². The average molecular weight is 305 g/mol. The molecule has 0 aromatic carbocycles. The number of carboxylic acid groups (broad SMARTS) is 1. The summed E-state index contributed by atoms with van der Waals surface area (Å²) in [6.45, 7) is 2.59. The summed E-state index contributed by atoms with van der Waals surface area (Å²) in [5, 5.41) is 9.11. The van der Waals surface area contributed by atoms with Gasteiger partial charge in [-0.2, -0.15) is 0 Å². The Hall–Kier alpha value is -0.660. The zero-order valence-corrected chi connectivity index (χ0v) is 12.6. The van der Waals surface area contributed by atoms with E-state index in [1.807, 2.05) is 4.90 Å². The van der Waals surface area contributed by atoms with Gasteiger partial charge in [-0.3, -0.25) is 9.69 Å². The van der Waals surface area contributed by atoms with Gasteiger partial charge in [0, 0.05) is 18.7 Å². The van der Waals surface area contributed by atoms with Crippen molar-refractivity contribution >= 4 is 15.8 Å². The predicted molar refractivity (Wildman–Crippen MR) is 74.5 cm³/mol. The van der Waals surface area contributed by atoms with Crippen LogP contribution < -0.4 is 0 Å². The summed E-state index contributed by atoms with van der Waals surface area (Å²) in [5.74, 6) is -0.628. The molecule has 0 radical (unpaired) electrons. The van der Waals surface area contributed by atoms with E-state index in [9.17, 15) is 13.2 Å². The van der Waals surface area contributed by atoms with Gasteiger partial charge >= 0.3 is 5.97 Å². The van der Waals surface area contributed by atoms with Gasteiger partial charge in [0.1, 0.15) is 0 Å². The third-order valence-corrected chi connectivity index (χ3v) is 6.01. The molecule has 116 valence electrons. The topological polar surface area (TPSA) is 83.9 Å². The minimum absolute atomic E-state index is 0.0821. The summed E-state index contributed by atoms with van der Waals surface area (Å²) in [7, 11) is -3.00. The normalized spacial score (nSPS) is 33.4. The van der Waals surface area contributed by atoms with Crippen molar-refractivity contribution in [1.82, 2.24) is 4.90 Å². The van der Waals surface area contributed by atoms with Gasteiger partial charge < -0.3 is 9.84 Å². The van der Waals surface area contributed by atoms with E-state index in [1.165, 1.54) is 0 Å². The van der Waals surface area contributed by atoms with E-state index in [2.05, 4.69) is 6.92 Å². The first-order valence-corrected chi connectivity index (χ1v) is 9.03. The zero-order valence-electron chi connectivity index (χ0n) is 11.8. The van der Waals surface area contributed by atoms with Crippen LogP contribution in [0.5, 0.6) is 0 Å². The highest BCUT2D eigenvalue weighted by Crippen LogP contribution is 2.27. The minimum atomic E-state index is -3.00. The maximum atomic E-state index is 11.6. The highest BCUT2D eigenvalue weighted by molar-refractivity contribution is 7.91. The third-order valence-electron chi connectivity index (χ3n) is 4.26. The molecule has 0 saturated carbocycles. The van der Waals surface area contributed by atoms with Crippen molar-refractivity contribution in [2.75, 3.05) is 24.7 Å². The number of sulfone groups is 1. The van der Waals surface area contributed by atoms with Crippen LogP contribution in [0, 0.1) is 0 Å². The van der Waals surface area contributed by atoms with Crippen molar-refractivity contribution in [2.24, 2.45) is 0 Å². The van der Waals surface area contributed by atoms with E-state index in [0.717, 1.165) is 19.3 Å². The minimum Gasteiger partial charge on any atom is -0.480 e. The zero-order chi connectivity index (χ0) is 14.8. The van der Waals surface area contributed by atoms with Crippen LogP contribution in [0.3, 0.4) is 0 Å². The summed E-state index contributed by atoms with van der Waals surface area (Å²) in [5.41, 5.74) is 0. The molecular formula is C13H23NO5S. The Morgan fingerprint density at radius 2 is 2.10 bits per heavy atom. The van der Waals surface area contributed by atoms with E-state index in [0.29, 0.717) is 13.0 Å². The van der Waals surface area contributed by atoms with Gasteiger partial charge in [0.2, 0.25) is 0 Å². The largest absolute Gasteiger partial charge is 0.480 e. The number of ether oxygens (including phenoxy) is 1. The van der Waals surface area contributed by atoms with Gasteiger partial charge in [-0.05, 0) is 25.7 Å². The Morgan fingerprint density at radius 3 is 2.65 bits per heavy atom. The maximum absolute atomic E-state index is 11.6. The summed E-state index contributed by atoms with van der Waals surface area (Å²) in [6, 6.07) is -0.0418. The standard InChI is InChI=1S/C13H23NO5S/c1-2-12-7-10(3-5-19-12)14(8-13(15)16)11-4-6-20(17,18)9-11/h10-12H,2-9H2,1H3,(H,15,16). The summed E-state index contributed by atoms with van der Waals surface area (Å²) >= 11 is 0. The lowest BCUT2D eigenvalue weighted by Crippen LogP contribution is -2.50.